The van der Waals surface area contributed by atoms with Gasteiger partial charge in [0.1, 0.15) is 5.83 Å². The maximum absolute atomic E-state index is 12.6. The second kappa shape index (κ2) is 4.27. The van der Waals surface area contributed by atoms with Crippen molar-refractivity contribution in [2.45, 2.75) is 12.2 Å². The SMILES string of the molecule is C=C(F)C(N1CCOCC1)C(F)(F)F. The molecule has 2 nitrogen and oxygen atoms in total. The molecule has 0 aromatic carbocycles. The summed E-state index contributed by atoms with van der Waals surface area (Å²) in [5.74, 6) is -1.36. The van der Waals surface area contributed by atoms with Crippen molar-refractivity contribution in [3.8, 4) is 0 Å². The van der Waals surface area contributed by atoms with Crippen LogP contribution in [-0.4, -0.2) is 43.4 Å². The van der Waals surface area contributed by atoms with Crippen LogP contribution in [-0.2, 0) is 4.74 Å². The van der Waals surface area contributed by atoms with E-state index in [0.29, 0.717) is 0 Å². The van der Waals surface area contributed by atoms with Crippen molar-refractivity contribution in [3.63, 3.8) is 0 Å². The summed E-state index contributed by atoms with van der Waals surface area (Å²) in [6.07, 6.45) is -4.61. The van der Waals surface area contributed by atoms with Crippen LogP contribution in [0.15, 0.2) is 12.4 Å². The molecule has 1 saturated heterocycles. The van der Waals surface area contributed by atoms with Crippen LogP contribution in [0.25, 0.3) is 0 Å². The molecule has 6 heteroatoms. The Morgan fingerprint density at radius 3 is 2.14 bits per heavy atom. The normalized spacial score (nSPS) is 22.0. The highest BCUT2D eigenvalue weighted by Crippen LogP contribution is 2.30. The lowest BCUT2D eigenvalue weighted by Crippen LogP contribution is -2.50. The second-order valence-corrected chi connectivity index (χ2v) is 3.04. The number of hydrogen-bond acceptors (Lipinski definition) is 2. The van der Waals surface area contributed by atoms with E-state index in [1.807, 2.05) is 0 Å². The molecule has 0 amide bonds. The smallest absolute Gasteiger partial charge is 0.379 e. The lowest BCUT2D eigenvalue weighted by Gasteiger charge is -2.34. The lowest BCUT2D eigenvalue weighted by atomic mass is 10.2. The van der Waals surface area contributed by atoms with Gasteiger partial charge in [-0.15, -0.1) is 0 Å². The third-order valence-electron chi connectivity index (χ3n) is 2.02. The molecule has 0 aliphatic carbocycles. The van der Waals surface area contributed by atoms with Gasteiger partial charge >= 0.3 is 6.18 Å². The first-order valence-corrected chi connectivity index (χ1v) is 4.15. The van der Waals surface area contributed by atoms with Crippen molar-refractivity contribution in [2.75, 3.05) is 26.3 Å². The Bertz CT molecular complexity index is 210. The van der Waals surface area contributed by atoms with Crippen LogP contribution >= 0.6 is 0 Å². The molecule has 0 N–H and O–H groups in total. The number of hydrogen-bond donors (Lipinski definition) is 0. The Morgan fingerprint density at radius 1 is 1.29 bits per heavy atom. The molecule has 0 radical (unpaired) electrons. The summed E-state index contributed by atoms with van der Waals surface area (Å²) in [5.41, 5.74) is 0. The molecule has 14 heavy (non-hydrogen) atoms. The highest BCUT2D eigenvalue weighted by molar-refractivity contribution is 5.01. The Kier molecular flexibility index (Phi) is 3.49. The van der Waals surface area contributed by atoms with E-state index in [4.69, 9.17) is 4.74 Å². The van der Waals surface area contributed by atoms with Crippen LogP contribution in [0.4, 0.5) is 17.6 Å². The molecule has 0 bridgehead atoms. The van der Waals surface area contributed by atoms with Crippen LogP contribution in [0.3, 0.4) is 0 Å². The molecule has 1 rings (SSSR count). The summed E-state index contributed by atoms with van der Waals surface area (Å²) in [6.45, 7) is 3.27. The van der Waals surface area contributed by atoms with Crippen LogP contribution in [0.5, 0.6) is 0 Å². The van der Waals surface area contributed by atoms with Gasteiger partial charge < -0.3 is 4.74 Å². The first-order valence-electron chi connectivity index (χ1n) is 4.15. The molecular formula is C8H11F4NO. The molecule has 1 unspecified atom stereocenters. The fraction of sp³-hybridized carbons (Fsp3) is 0.750. The summed E-state index contributed by atoms with van der Waals surface area (Å²) in [5, 5.41) is 0. The van der Waals surface area contributed by atoms with Gasteiger partial charge in [-0.1, -0.05) is 6.58 Å². The van der Waals surface area contributed by atoms with E-state index >= 15 is 0 Å². The van der Waals surface area contributed by atoms with E-state index in [1.165, 1.54) is 0 Å². The van der Waals surface area contributed by atoms with Gasteiger partial charge in [0, 0.05) is 13.1 Å². The van der Waals surface area contributed by atoms with Gasteiger partial charge in [-0.3, -0.25) is 4.90 Å². The first-order chi connectivity index (χ1) is 6.43. The molecule has 0 spiro atoms. The summed E-state index contributed by atoms with van der Waals surface area (Å²) < 4.78 is 54.6. The first kappa shape index (κ1) is 11.5. The monoisotopic (exact) mass is 213 g/mol. The molecule has 1 heterocycles. The number of rotatable bonds is 2. The Labute approximate surface area is 79.1 Å². The third kappa shape index (κ3) is 2.68. The maximum atomic E-state index is 12.6. The lowest BCUT2D eigenvalue weighted by molar-refractivity contribution is -0.185. The zero-order valence-electron chi connectivity index (χ0n) is 7.48. The van der Waals surface area contributed by atoms with Gasteiger partial charge in [-0.2, -0.15) is 13.2 Å². The average Bonchev–Trinajstić information content (AvgIpc) is 2.02. The zero-order chi connectivity index (χ0) is 10.8. The summed E-state index contributed by atoms with van der Waals surface area (Å²) in [6, 6.07) is -2.19. The van der Waals surface area contributed by atoms with Gasteiger partial charge in [-0.25, -0.2) is 4.39 Å². The van der Waals surface area contributed by atoms with Crippen molar-refractivity contribution in [1.82, 2.24) is 4.90 Å². The highest BCUT2D eigenvalue weighted by Gasteiger charge is 2.46. The van der Waals surface area contributed by atoms with Crippen LogP contribution in [0.2, 0.25) is 0 Å². The quantitative estimate of drug-likeness (QED) is 0.648. The topological polar surface area (TPSA) is 12.5 Å². The number of nitrogens with zero attached hydrogens (tertiary/aromatic N) is 1. The van der Waals surface area contributed by atoms with E-state index in [0.717, 1.165) is 4.90 Å². The fourth-order valence-electron chi connectivity index (χ4n) is 1.42. The average molecular weight is 213 g/mol. The number of halogens is 4. The molecule has 0 aromatic rings. The van der Waals surface area contributed by atoms with Gasteiger partial charge in [0.25, 0.3) is 0 Å². The molecule has 1 atom stereocenters. The largest absolute Gasteiger partial charge is 0.410 e. The van der Waals surface area contributed by atoms with E-state index < -0.39 is 18.0 Å². The Morgan fingerprint density at radius 2 is 1.79 bits per heavy atom. The van der Waals surface area contributed by atoms with Gasteiger partial charge in [-0.05, 0) is 0 Å². The standard InChI is InChI=1S/C8H11F4NO/c1-6(9)7(8(10,11)12)13-2-4-14-5-3-13/h7H,1-5H2. The zero-order valence-corrected chi connectivity index (χ0v) is 7.48. The summed E-state index contributed by atoms with van der Waals surface area (Å²) in [7, 11) is 0. The minimum Gasteiger partial charge on any atom is -0.379 e. The minimum absolute atomic E-state index is 0.0765. The van der Waals surface area contributed by atoms with Crippen molar-refractivity contribution in [2.24, 2.45) is 0 Å². The van der Waals surface area contributed by atoms with Crippen LogP contribution in [0.1, 0.15) is 0 Å². The third-order valence-corrected chi connectivity index (χ3v) is 2.02. The summed E-state index contributed by atoms with van der Waals surface area (Å²) in [4.78, 5) is 0.992. The molecule has 0 aromatic heterocycles. The number of alkyl halides is 3. The molecule has 0 saturated carbocycles. The number of morpholine rings is 1. The molecule has 1 aliphatic heterocycles. The molecule has 82 valence electrons. The van der Waals surface area contributed by atoms with Gasteiger partial charge in [0.05, 0.1) is 13.2 Å². The van der Waals surface area contributed by atoms with E-state index in [-0.39, 0.29) is 26.3 Å². The minimum atomic E-state index is -4.61. The van der Waals surface area contributed by atoms with Gasteiger partial charge in [0.2, 0.25) is 0 Å². The van der Waals surface area contributed by atoms with E-state index in [9.17, 15) is 17.6 Å². The Balaban J connectivity index is 2.71. The molecule has 1 fully saturated rings. The maximum Gasteiger partial charge on any atom is 0.410 e. The van der Waals surface area contributed by atoms with Gasteiger partial charge in [0.15, 0.2) is 6.04 Å². The van der Waals surface area contributed by atoms with E-state index in [2.05, 4.69) is 6.58 Å². The highest BCUT2D eigenvalue weighted by atomic mass is 19.4. The second-order valence-electron chi connectivity index (χ2n) is 3.04. The van der Waals surface area contributed by atoms with Crippen molar-refractivity contribution >= 4 is 0 Å². The summed E-state index contributed by atoms with van der Waals surface area (Å²) >= 11 is 0. The number of ether oxygens (including phenoxy) is 1. The van der Waals surface area contributed by atoms with Crippen LogP contribution < -0.4 is 0 Å². The van der Waals surface area contributed by atoms with Crippen molar-refractivity contribution in [1.29, 1.82) is 0 Å². The molecule has 1 aliphatic rings. The van der Waals surface area contributed by atoms with Crippen LogP contribution in [0, 0.1) is 0 Å². The van der Waals surface area contributed by atoms with Crippen molar-refractivity contribution in [3.05, 3.63) is 12.4 Å². The molecular weight excluding hydrogens is 202 g/mol. The predicted molar refractivity (Wildman–Crippen MR) is 42.5 cm³/mol. The van der Waals surface area contributed by atoms with Crippen molar-refractivity contribution < 1.29 is 22.3 Å². The fourth-order valence-corrected chi connectivity index (χ4v) is 1.42. The Hall–Kier alpha value is -0.620. The van der Waals surface area contributed by atoms with E-state index in [1.54, 1.807) is 0 Å². The predicted octanol–water partition coefficient (Wildman–Crippen LogP) is 1.73.